The van der Waals surface area contributed by atoms with Crippen molar-refractivity contribution in [1.82, 2.24) is 0 Å². The van der Waals surface area contributed by atoms with Crippen LogP contribution in [0, 0.1) is 5.92 Å². The van der Waals surface area contributed by atoms with E-state index in [0.717, 1.165) is 12.3 Å². The molecule has 0 aliphatic heterocycles. The highest BCUT2D eigenvalue weighted by Gasteiger charge is 2.07. The third-order valence-corrected chi connectivity index (χ3v) is 3.97. The normalized spacial score (nSPS) is 12.3. The Balaban J connectivity index is 2.06. The molecule has 0 radical (unpaired) electrons. The molecular formula is C20H26. The Morgan fingerprint density at radius 3 is 2.20 bits per heavy atom. The van der Waals surface area contributed by atoms with Crippen molar-refractivity contribution < 1.29 is 0 Å². The van der Waals surface area contributed by atoms with Crippen LogP contribution >= 0.6 is 0 Å². The van der Waals surface area contributed by atoms with Gasteiger partial charge < -0.3 is 0 Å². The minimum atomic E-state index is 0.784. The van der Waals surface area contributed by atoms with Gasteiger partial charge in [-0.1, -0.05) is 87.7 Å². The van der Waals surface area contributed by atoms with E-state index in [-0.39, 0.29) is 0 Å². The van der Waals surface area contributed by atoms with Gasteiger partial charge in [-0.25, -0.2) is 0 Å². The summed E-state index contributed by atoms with van der Waals surface area (Å²) in [5.74, 6) is 0.784. The van der Waals surface area contributed by atoms with E-state index in [1.54, 1.807) is 0 Å². The summed E-state index contributed by atoms with van der Waals surface area (Å²) in [5, 5.41) is 0. The van der Waals surface area contributed by atoms with Crippen LogP contribution in [0.2, 0.25) is 0 Å². The second-order valence-corrected chi connectivity index (χ2v) is 5.88. The maximum atomic E-state index is 2.38. The third kappa shape index (κ3) is 4.52. The fourth-order valence-electron chi connectivity index (χ4n) is 2.77. The van der Waals surface area contributed by atoms with Crippen molar-refractivity contribution in [2.24, 2.45) is 5.92 Å². The molecule has 0 nitrogen and oxygen atoms in total. The van der Waals surface area contributed by atoms with Crippen LogP contribution < -0.4 is 0 Å². The van der Waals surface area contributed by atoms with Crippen LogP contribution in [-0.2, 0) is 12.8 Å². The van der Waals surface area contributed by atoms with E-state index < -0.39 is 0 Å². The van der Waals surface area contributed by atoms with Gasteiger partial charge in [0.2, 0.25) is 0 Å². The molecule has 0 N–H and O–H groups in total. The van der Waals surface area contributed by atoms with Gasteiger partial charge >= 0.3 is 0 Å². The molecule has 0 heteroatoms. The minimum Gasteiger partial charge on any atom is -0.0654 e. The predicted octanol–water partition coefficient (Wildman–Crippen LogP) is 5.65. The average molecular weight is 266 g/mol. The lowest BCUT2D eigenvalue weighted by atomic mass is 9.91. The van der Waals surface area contributed by atoms with Crippen LogP contribution in [0.4, 0.5) is 0 Å². The monoisotopic (exact) mass is 266 g/mol. The maximum absolute atomic E-state index is 2.38. The van der Waals surface area contributed by atoms with Crippen LogP contribution in [0.5, 0.6) is 0 Å². The number of rotatable bonds is 7. The van der Waals surface area contributed by atoms with E-state index in [9.17, 15) is 0 Å². The van der Waals surface area contributed by atoms with Crippen molar-refractivity contribution in [3.63, 3.8) is 0 Å². The van der Waals surface area contributed by atoms with Gasteiger partial charge in [0.05, 0.1) is 0 Å². The standard InChI is InChI=1S/C20H26/c1-3-4-10-17(2)15-19-13-8-9-14-20(19)16-18-11-6-5-7-12-18/h5-9,11-14,17H,3-4,10,15-16H2,1-2H3. The molecule has 0 aliphatic rings. The van der Waals surface area contributed by atoms with Crippen molar-refractivity contribution in [3.8, 4) is 0 Å². The molecule has 20 heavy (non-hydrogen) atoms. The van der Waals surface area contributed by atoms with E-state index in [2.05, 4.69) is 68.4 Å². The van der Waals surface area contributed by atoms with E-state index in [1.807, 2.05) is 0 Å². The molecule has 0 amide bonds. The SMILES string of the molecule is CCCCC(C)Cc1ccccc1Cc1ccccc1. The summed E-state index contributed by atoms with van der Waals surface area (Å²) < 4.78 is 0. The van der Waals surface area contributed by atoms with Gasteiger partial charge in [0.15, 0.2) is 0 Å². The van der Waals surface area contributed by atoms with E-state index in [4.69, 9.17) is 0 Å². The van der Waals surface area contributed by atoms with Crippen LogP contribution in [0.25, 0.3) is 0 Å². The average Bonchev–Trinajstić information content (AvgIpc) is 2.48. The molecule has 0 heterocycles. The predicted molar refractivity (Wildman–Crippen MR) is 88.1 cm³/mol. The van der Waals surface area contributed by atoms with E-state index in [1.165, 1.54) is 42.4 Å². The first kappa shape index (κ1) is 14.8. The summed E-state index contributed by atoms with van der Waals surface area (Å²) in [5.41, 5.74) is 4.42. The largest absolute Gasteiger partial charge is 0.0654 e. The van der Waals surface area contributed by atoms with Gasteiger partial charge in [-0.3, -0.25) is 0 Å². The fraction of sp³-hybridized carbons (Fsp3) is 0.400. The molecule has 2 aromatic rings. The Bertz CT molecular complexity index is 498. The van der Waals surface area contributed by atoms with Crippen molar-refractivity contribution in [2.45, 2.75) is 46.0 Å². The summed E-state index contributed by atoms with van der Waals surface area (Å²) in [4.78, 5) is 0. The van der Waals surface area contributed by atoms with Crippen molar-refractivity contribution >= 4 is 0 Å². The minimum absolute atomic E-state index is 0.784. The van der Waals surface area contributed by atoms with Crippen LogP contribution in [0.3, 0.4) is 0 Å². The van der Waals surface area contributed by atoms with Gasteiger partial charge in [-0.15, -0.1) is 0 Å². The molecule has 0 bridgehead atoms. The fourth-order valence-corrected chi connectivity index (χ4v) is 2.77. The Hall–Kier alpha value is -1.56. The third-order valence-electron chi connectivity index (χ3n) is 3.97. The molecule has 106 valence electrons. The van der Waals surface area contributed by atoms with Gasteiger partial charge in [0, 0.05) is 0 Å². The molecule has 1 unspecified atom stereocenters. The summed E-state index contributed by atoms with van der Waals surface area (Å²) in [7, 11) is 0. The second-order valence-electron chi connectivity index (χ2n) is 5.88. The van der Waals surface area contributed by atoms with Gasteiger partial charge in [0.25, 0.3) is 0 Å². The van der Waals surface area contributed by atoms with Crippen LogP contribution in [0.15, 0.2) is 54.6 Å². The molecule has 1 atom stereocenters. The zero-order valence-electron chi connectivity index (χ0n) is 12.8. The van der Waals surface area contributed by atoms with Crippen molar-refractivity contribution in [3.05, 3.63) is 71.3 Å². The lowest BCUT2D eigenvalue weighted by molar-refractivity contribution is 0.502. The molecule has 0 spiro atoms. The summed E-state index contributed by atoms with van der Waals surface area (Å²) in [6, 6.07) is 19.7. The second kappa shape index (κ2) is 7.89. The Labute approximate surface area is 123 Å². The Morgan fingerprint density at radius 1 is 0.850 bits per heavy atom. The smallest absolute Gasteiger partial charge is 0.00230 e. The molecule has 0 saturated heterocycles. The van der Waals surface area contributed by atoms with Crippen molar-refractivity contribution in [1.29, 1.82) is 0 Å². The first-order chi connectivity index (χ1) is 9.79. The zero-order chi connectivity index (χ0) is 14.2. The Morgan fingerprint density at radius 2 is 1.50 bits per heavy atom. The quantitative estimate of drug-likeness (QED) is 0.608. The summed E-state index contributed by atoms with van der Waals surface area (Å²) >= 11 is 0. The maximum Gasteiger partial charge on any atom is -0.00230 e. The number of hydrogen-bond donors (Lipinski definition) is 0. The van der Waals surface area contributed by atoms with Gasteiger partial charge in [0.1, 0.15) is 0 Å². The first-order valence-electron chi connectivity index (χ1n) is 7.90. The van der Waals surface area contributed by atoms with Gasteiger partial charge in [-0.2, -0.15) is 0 Å². The van der Waals surface area contributed by atoms with Crippen LogP contribution in [0.1, 0.15) is 49.8 Å². The van der Waals surface area contributed by atoms with E-state index >= 15 is 0 Å². The summed E-state index contributed by atoms with van der Waals surface area (Å²) in [6.07, 6.45) is 6.26. The molecular weight excluding hydrogens is 240 g/mol. The molecule has 0 saturated carbocycles. The van der Waals surface area contributed by atoms with Crippen LogP contribution in [-0.4, -0.2) is 0 Å². The first-order valence-corrected chi connectivity index (χ1v) is 7.90. The number of unbranched alkanes of at least 4 members (excludes halogenated alkanes) is 1. The van der Waals surface area contributed by atoms with E-state index in [0.29, 0.717) is 0 Å². The number of benzene rings is 2. The van der Waals surface area contributed by atoms with Gasteiger partial charge in [-0.05, 0) is 35.4 Å². The Kier molecular flexibility index (Phi) is 5.86. The molecule has 2 aromatic carbocycles. The molecule has 0 fully saturated rings. The summed E-state index contributed by atoms with van der Waals surface area (Å²) in [6.45, 7) is 4.66. The highest BCUT2D eigenvalue weighted by molar-refractivity contribution is 5.33. The zero-order valence-corrected chi connectivity index (χ0v) is 12.8. The molecule has 2 rings (SSSR count). The number of hydrogen-bond acceptors (Lipinski definition) is 0. The molecule has 0 aliphatic carbocycles. The lowest BCUT2D eigenvalue weighted by Gasteiger charge is -2.14. The highest BCUT2D eigenvalue weighted by Crippen LogP contribution is 2.20. The topological polar surface area (TPSA) is 0 Å². The highest BCUT2D eigenvalue weighted by atomic mass is 14.1. The molecule has 0 aromatic heterocycles. The lowest BCUT2D eigenvalue weighted by Crippen LogP contribution is -2.03. The van der Waals surface area contributed by atoms with Crippen molar-refractivity contribution in [2.75, 3.05) is 0 Å².